The zero-order valence-corrected chi connectivity index (χ0v) is 10.3. The molecule has 2 N–H and O–H groups in total. The van der Waals surface area contributed by atoms with E-state index in [1.807, 2.05) is 14.0 Å². The Bertz CT molecular complexity index is 196. The van der Waals surface area contributed by atoms with Crippen molar-refractivity contribution < 1.29 is 9.53 Å². The largest absolute Gasteiger partial charge is 0.376 e. The molecule has 0 aromatic rings. The minimum Gasteiger partial charge on any atom is -0.376 e. The first-order valence-electron chi connectivity index (χ1n) is 5.21. The van der Waals surface area contributed by atoms with Crippen LogP contribution in [-0.2, 0) is 9.53 Å². The first-order valence-corrected chi connectivity index (χ1v) is 5.21. The summed E-state index contributed by atoms with van der Waals surface area (Å²) in [6.07, 6.45) is 2.40. The normalized spacial score (nSPS) is 21.9. The number of hydrogen-bond acceptors (Lipinski definition) is 3. The number of rotatable bonds is 4. The Balaban J connectivity index is 0.00000196. The topological polar surface area (TPSA) is 55.6 Å². The maximum atomic E-state index is 11.7. The number of hydrogen-bond donors (Lipinski definition) is 1. The first-order chi connectivity index (χ1) is 6.65. The van der Waals surface area contributed by atoms with Crippen molar-refractivity contribution >= 4 is 18.3 Å². The molecule has 0 saturated carbocycles. The summed E-state index contributed by atoms with van der Waals surface area (Å²) in [6, 6.07) is 0. The van der Waals surface area contributed by atoms with Crippen molar-refractivity contribution in [2.24, 2.45) is 11.7 Å². The number of carbonyl (C=O) groups is 1. The lowest BCUT2D eigenvalue weighted by molar-refractivity contribution is -0.134. The summed E-state index contributed by atoms with van der Waals surface area (Å²) >= 11 is 0. The molecule has 90 valence electrons. The third-order valence-corrected chi connectivity index (χ3v) is 2.65. The molecule has 0 bridgehead atoms. The molecule has 2 atom stereocenters. The van der Waals surface area contributed by atoms with Gasteiger partial charge >= 0.3 is 0 Å². The highest BCUT2D eigenvalue weighted by molar-refractivity contribution is 5.85. The number of amides is 1. The number of nitrogens with zero attached hydrogens (tertiary/aromatic N) is 1. The van der Waals surface area contributed by atoms with Crippen molar-refractivity contribution in [3.63, 3.8) is 0 Å². The van der Waals surface area contributed by atoms with Crippen molar-refractivity contribution in [1.29, 1.82) is 0 Å². The Morgan fingerprint density at radius 2 is 2.33 bits per heavy atom. The molecule has 1 saturated heterocycles. The van der Waals surface area contributed by atoms with E-state index in [-0.39, 0.29) is 30.3 Å². The lowest BCUT2D eigenvalue weighted by Crippen LogP contribution is -2.39. The van der Waals surface area contributed by atoms with Crippen LogP contribution in [0.3, 0.4) is 0 Å². The van der Waals surface area contributed by atoms with Gasteiger partial charge < -0.3 is 15.4 Å². The number of likely N-dealkylation sites (N-methyl/N-ethyl adjacent to an activating group) is 1. The van der Waals surface area contributed by atoms with Gasteiger partial charge in [-0.25, -0.2) is 0 Å². The van der Waals surface area contributed by atoms with E-state index in [4.69, 9.17) is 10.5 Å². The molecule has 4 nitrogen and oxygen atoms in total. The molecular weight excluding hydrogens is 216 g/mol. The van der Waals surface area contributed by atoms with Crippen LogP contribution in [0.5, 0.6) is 0 Å². The summed E-state index contributed by atoms with van der Waals surface area (Å²) in [5, 5.41) is 0. The standard InChI is InChI=1S/C10H20N2O2.ClH/c1-8(6-11)10(13)12(2)7-9-4-3-5-14-9;/h8-9H,3-7,11H2,1-2H3;1H. The molecule has 0 radical (unpaired) electrons. The summed E-state index contributed by atoms with van der Waals surface area (Å²) in [4.78, 5) is 13.4. The number of carbonyl (C=O) groups excluding carboxylic acids is 1. The number of halogens is 1. The van der Waals surface area contributed by atoms with Crippen molar-refractivity contribution in [2.75, 3.05) is 26.7 Å². The van der Waals surface area contributed by atoms with Crippen molar-refractivity contribution in [2.45, 2.75) is 25.9 Å². The van der Waals surface area contributed by atoms with Gasteiger partial charge in [0.1, 0.15) is 0 Å². The van der Waals surface area contributed by atoms with Crippen molar-refractivity contribution in [3.05, 3.63) is 0 Å². The van der Waals surface area contributed by atoms with Gasteiger partial charge in [0.15, 0.2) is 0 Å². The third kappa shape index (κ3) is 4.36. The Hall–Kier alpha value is -0.320. The van der Waals surface area contributed by atoms with Crippen LogP contribution < -0.4 is 5.73 Å². The predicted octanol–water partition coefficient (Wildman–Crippen LogP) is 0.640. The Labute approximate surface area is 97.5 Å². The molecule has 0 aromatic carbocycles. The van der Waals surface area contributed by atoms with Gasteiger partial charge in [0.2, 0.25) is 5.91 Å². The van der Waals surface area contributed by atoms with Gasteiger partial charge in [-0.15, -0.1) is 12.4 Å². The highest BCUT2D eigenvalue weighted by Gasteiger charge is 2.22. The van der Waals surface area contributed by atoms with Gasteiger partial charge in [-0.05, 0) is 12.8 Å². The molecule has 0 aromatic heterocycles. The van der Waals surface area contributed by atoms with E-state index in [0.29, 0.717) is 13.1 Å². The quantitative estimate of drug-likeness (QED) is 0.780. The molecule has 2 unspecified atom stereocenters. The molecule has 1 rings (SSSR count). The highest BCUT2D eigenvalue weighted by Crippen LogP contribution is 2.13. The second-order valence-electron chi connectivity index (χ2n) is 3.99. The molecule has 5 heteroatoms. The summed E-state index contributed by atoms with van der Waals surface area (Å²) in [5.41, 5.74) is 5.44. The lowest BCUT2D eigenvalue weighted by Gasteiger charge is -2.23. The van der Waals surface area contributed by atoms with Gasteiger partial charge in [-0.2, -0.15) is 0 Å². The maximum absolute atomic E-state index is 11.7. The lowest BCUT2D eigenvalue weighted by atomic mass is 10.1. The van der Waals surface area contributed by atoms with E-state index in [1.165, 1.54) is 0 Å². The van der Waals surface area contributed by atoms with E-state index in [0.717, 1.165) is 19.4 Å². The van der Waals surface area contributed by atoms with Crippen molar-refractivity contribution in [3.8, 4) is 0 Å². The molecule has 0 spiro atoms. The summed E-state index contributed by atoms with van der Waals surface area (Å²) in [7, 11) is 1.82. The Kier molecular flexibility index (Phi) is 6.89. The second-order valence-corrected chi connectivity index (χ2v) is 3.99. The van der Waals surface area contributed by atoms with Crippen LogP contribution in [0.15, 0.2) is 0 Å². The van der Waals surface area contributed by atoms with Gasteiger partial charge in [0.05, 0.1) is 6.10 Å². The van der Waals surface area contributed by atoms with Crippen LogP contribution in [0.4, 0.5) is 0 Å². The molecule has 1 aliphatic heterocycles. The molecule has 1 amide bonds. The van der Waals surface area contributed by atoms with Gasteiger partial charge in [0.25, 0.3) is 0 Å². The molecule has 15 heavy (non-hydrogen) atoms. The fourth-order valence-corrected chi connectivity index (χ4v) is 1.66. The van der Waals surface area contributed by atoms with Crippen LogP contribution in [0.25, 0.3) is 0 Å². The Morgan fingerprint density at radius 1 is 1.67 bits per heavy atom. The molecule has 1 heterocycles. The van der Waals surface area contributed by atoms with Gasteiger partial charge in [-0.1, -0.05) is 6.92 Å². The minimum atomic E-state index is -0.0820. The predicted molar refractivity (Wildman–Crippen MR) is 62.1 cm³/mol. The van der Waals surface area contributed by atoms with E-state index in [2.05, 4.69) is 0 Å². The SMILES string of the molecule is CC(CN)C(=O)N(C)CC1CCCO1.Cl. The smallest absolute Gasteiger partial charge is 0.226 e. The van der Waals surface area contributed by atoms with Crippen LogP contribution in [0.1, 0.15) is 19.8 Å². The van der Waals surface area contributed by atoms with E-state index in [9.17, 15) is 4.79 Å². The van der Waals surface area contributed by atoms with Crippen LogP contribution in [0.2, 0.25) is 0 Å². The maximum Gasteiger partial charge on any atom is 0.226 e. The zero-order chi connectivity index (χ0) is 10.6. The summed E-state index contributed by atoms with van der Waals surface area (Å²) in [5.74, 6) is 0.0319. The average molecular weight is 237 g/mol. The molecule has 1 fully saturated rings. The Morgan fingerprint density at radius 3 is 2.80 bits per heavy atom. The second kappa shape index (κ2) is 7.04. The summed E-state index contributed by atoms with van der Waals surface area (Å²) in [6.45, 7) is 3.80. The van der Waals surface area contributed by atoms with E-state index < -0.39 is 0 Å². The van der Waals surface area contributed by atoms with Crippen LogP contribution >= 0.6 is 12.4 Å². The number of ether oxygens (including phenoxy) is 1. The van der Waals surface area contributed by atoms with E-state index >= 15 is 0 Å². The zero-order valence-electron chi connectivity index (χ0n) is 9.44. The molecule has 0 aliphatic carbocycles. The van der Waals surface area contributed by atoms with Crippen molar-refractivity contribution in [1.82, 2.24) is 4.90 Å². The van der Waals surface area contributed by atoms with Crippen LogP contribution in [-0.4, -0.2) is 43.7 Å². The average Bonchev–Trinajstić information content (AvgIpc) is 2.68. The van der Waals surface area contributed by atoms with Gasteiger partial charge in [0, 0.05) is 32.7 Å². The number of nitrogens with two attached hydrogens (primary N) is 1. The fraction of sp³-hybridized carbons (Fsp3) is 0.900. The fourth-order valence-electron chi connectivity index (χ4n) is 1.66. The highest BCUT2D eigenvalue weighted by atomic mass is 35.5. The summed E-state index contributed by atoms with van der Waals surface area (Å²) < 4.78 is 5.46. The first kappa shape index (κ1) is 14.7. The van der Waals surface area contributed by atoms with E-state index in [1.54, 1.807) is 4.90 Å². The minimum absolute atomic E-state index is 0. The monoisotopic (exact) mass is 236 g/mol. The molecular formula is C10H21ClN2O2. The molecule has 1 aliphatic rings. The third-order valence-electron chi connectivity index (χ3n) is 2.65. The van der Waals surface area contributed by atoms with Gasteiger partial charge in [-0.3, -0.25) is 4.79 Å². The van der Waals surface area contributed by atoms with Crippen LogP contribution in [0, 0.1) is 5.92 Å².